The molecule has 0 saturated heterocycles. The number of rotatable bonds is 9. The molecule has 1 saturated carbocycles. The molecule has 3 aromatic rings. The third-order valence-corrected chi connectivity index (χ3v) is 7.41. The Morgan fingerprint density at radius 3 is 2.84 bits per heavy atom. The molecule has 2 heterocycles. The van der Waals surface area contributed by atoms with E-state index in [0.717, 1.165) is 22.1 Å². The van der Waals surface area contributed by atoms with Crippen LogP contribution in [-0.4, -0.2) is 36.6 Å². The van der Waals surface area contributed by atoms with Crippen molar-refractivity contribution in [1.82, 2.24) is 25.0 Å². The molecule has 0 radical (unpaired) electrons. The monoisotopic (exact) mass is 472 g/mol. The van der Waals surface area contributed by atoms with E-state index in [4.69, 9.17) is 4.74 Å². The number of hydrogen-bond acceptors (Lipinski definition) is 8. The number of nitrogens with one attached hydrogen (secondary N) is 1. The minimum atomic E-state index is -0.121. The van der Waals surface area contributed by atoms with Gasteiger partial charge in [0, 0.05) is 12.5 Å². The summed E-state index contributed by atoms with van der Waals surface area (Å²) in [5, 5.41) is 22.1. The molecule has 1 amide bonds. The number of benzene rings is 1. The zero-order chi connectivity index (χ0) is 22.3. The van der Waals surface area contributed by atoms with Crippen molar-refractivity contribution < 1.29 is 9.53 Å². The Morgan fingerprint density at radius 2 is 2.06 bits per heavy atom. The quantitative estimate of drug-likeness (QED) is 0.446. The maximum absolute atomic E-state index is 12.4. The Kier molecular flexibility index (Phi) is 7.75. The van der Waals surface area contributed by atoms with Crippen LogP contribution in [0.1, 0.15) is 61.3 Å². The van der Waals surface area contributed by atoms with Gasteiger partial charge in [0.25, 0.3) is 0 Å². The molecule has 1 aromatic carbocycles. The van der Waals surface area contributed by atoms with Crippen LogP contribution in [-0.2, 0) is 17.9 Å². The van der Waals surface area contributed by atoms with Crippen molar-refractivity contribution in [1.29, 1.82) is 0 Å². The number of aryl methyl sites for hydroxylation is 1. The molecule has 0 spiro atoms. The molecule has 4 rings (SSSR count). The van der Waals surface area contributed by atoms with E-state index in [1.807, 2.05) is 42.7 Å². The molecule has 32 heavy (non-hydrogen) atoms. The Hall–Kier alpha value is -2.46. The molecule has 2 aromatic heterocycles. The van der Waals surface area contributed by atoms with E-state index in [1.165, 1.54) is 55.2 Å². The van der Waals surface area contributed by atoms with E-state index >= 15 is 0 Å². The summed E-state index contributed by atoms with van der Waals surface area (Å²) in [6, 6.07) is 7.90. The van der Waals surface area contributed by atoms with Gasteiger partial charge in [0.15, 0.2) is 11.0 Å². The van der Waals surface area contributed by atoms with Gasteiger partial charge in [-0.15, -0.1) is 20.4 Å². The summed E-state index contributed by atoms with van der Waals surface area (Å²) in [6.07, 6.45) is 6.14. The lowest BCUT2D eigenvalue weighted by Gasteiger charge is -2.18. The highest BCUT2D eigenvalue weighted by Gasteiger charge is 2.20. The van der Waals surface area contributed by atoms with Crippen LogP contribution in [0, 0.1) is 6.92 Å². The van der Waals surface area contributed by atoms with Gasteiger partial charge in [-0.3, -0.25) is 10.1 Å². The second-order valence-electron chi connectivity index (χ2n) is 7.87. The van der Waals surface area contributed by atoms with Crippen molar-refractivity contribution in [2.45, 2.75) is 70.2 Å². The zero-order valence-corrected chi connectivity index (χ0v) is 20.0. The van der Waals surface area contributed by atoms with Gasteiger partial charge in [-0.25, -0.2) is 0 Å². The molecule has 0 aliphatic heterocycles. The van der Waals surface area contributed by atoms with Gasteiger partial charge in [-0.2, -0.15) is 0 Å². The number of anilines is 1. The lowest BCUT2D eigenvalue weighted by atomic mass is 9.90. The Labute approximate surface area is 196 Å². The van der Waals surface area contributed by atoms with E-state index in [1.54, 1.807) is 0 Å². The molecule has 1 N–H and O–H groups in total. The van der Waals surface area contributed by atoms with Gasteiger partial charge in [-0.1, -0.05) is 54.5 Å². The summed E-state index contributed by atoms with van der Waals surface area (Å²) in [4.78, 5) is 12.4. The molecule has 0 atom stereocenters. The second kappa shape index (κ2) is 10.9. The fourth-order valence-electron chi connectivity index (χ4n) is 3.79. The summed E-state index contributed by atoms with van der Waals surface area (Å²) in [5.41, 5.74) is 1.14. The number of nitrogens with zero attached hydrogens (tertiary/aromatic N) is 5. The van der Waals surface area contributed by atoms with Crippen molar-refractivity contribution >= 4 is 34.1 Å². The minimum Gasteiger partial charge on any atom is -0.486 e. The van der Waals surface area contributed by atoms with Crippen LogP contribution in [0.4, 0.5) is 5.13 Å². The average molecular weight is 473 g/mol. The minimum absolute atomic E-state index is 0.121. The van der Waals surface area contributed by atoms with Crippen LogP contribution >= 0.6 is 23.1 Å². The van der Waals surface area contributed by atoms with E-state index in [2.05, 4.69) is 25.7 Å². The van der Waals surface area contributed by atoms with E-state index in [0.29, 0.717) is 29.4 Å². The van der Waals surface area contributed by atoms with Crippen LogP contribution < -0.4 is 10.1 Å². The number of ether oxygens (including phenoxy) is 1. The average Bonchev–Trinajstić information content (AvgIpc) is 3.43. The fraction of sp³-hybridized carbons (Fsp3) is 0.500. The second-order valence-corrected chi connectivity index (χ2v) is 9.82. The van der Waals surface area contributed by atoms with Crippen LogP contribution in [0.25, 0.3) is 0 Å². The first kappa shape index (κ1) is 22.7. The first-order valence-electron chi connectivity index (χ1n) is 11.0. The third-order valence-electron chi connectivity index (χ3n) is 5.44. The van der Waals surface area contributed by atoms with Crippen molar-refractivity contribution in [3.63, 3.8) is 0 Å². The van der Waals surface area contributed by atoms with E-state index < -0.39 is 0 Å². The lowest BCUT2D eigenvalue weighted by Crippen LogP contribution is -2.14. The highest BCUT2D eigenvalue weighted by molar-refractivity contribution is 7.99. The molecule has 170 valence electrons. The standard InChI is InChI=1S/C22H28N6O2S2/c1-3-28-18(13-30-17-11-7-8-15(2)12-17)24-27-22(28)31-14-19(29)23-21-26-25-20(32-21)16-9-5-4-6-10-16/h7-8,11-12,16H,3-6,9-10,13-14H2,1-2H3,(H,23,26,29). The first-order valence-corrected chi connectivity index (χ1v) is 12.8. The SMILES string of the molecule is CCn1c(COc2cccc(C)c2)nnc1SCC(=O)Nc1nnc(C2CCCCC2)s1. The zero-order valence-electron chi connectivity index (χ0n) is 18.4. The molecule has 1 aliphatic carbocycles. The normalized spacial score (nSPS) is 14.4. The van der Waals surface area contributed by atoms with Crippen molar-refractivity contribution in [2.75, 3.05) is 11.1 Å². The maximum atomic E-state index is 12.4. The molecular formula is C22H28N6O2S2. The molecule has 1 fully saturated rings. The van der Waals surface area contributed by atoms with Crippen molar-refractivity contribution in [3.8, 4) is 5.75 Å². The van der Waals surface area contributed by atoms with Crippen molar-refractivity contribution in [2.24, 2.45) is 0 Å². The number of carbonyl (C=O) groups excluding carboxylic acids is 1. The third kappa shape index (κ3) is 5.86. The topological polar surface area (TPSA) is 94.8 Å². The summed E-state index contributed by atoms with van der Waals surface area (Å²) in [5.74, 6) is 2.14. The first-order chi connectivity index (χ1) is 15.6. The van der Waals surface area contributed by atoms with Crippen LogP contribution in [0.15, 0.2) is 29.4 Å². The van der Waals surface area contributed by atoms with Crippen LogP contribution in [0.3, 0.4) is 0 Å². The van der Waals surface area contributed by atoms with Gasteiger partial charge < -0.3 is 9.30 Å². The molecular weight excluding hydrogens is 444 g/mol. The fourth-order valence-corrected chi connectivity index (χ4v) is 5.54. The van der Waals surface area contributed by atoms with Crippen LogP contribution in [0.5, 0.6) is 5.75 Å². The van der Waals surface area contributed by atoms with Gasteiger partial charge >= 0.3 is 0 Å². The Bertz CT molecular complexity index is 1040. The number of thioether (sulfide) groups is 1. The molecule has 10 heteroatoms. The summed E-state index contributed by atoms with van der Waals surface area (Å²) < 4.78 is 7.83. The number of amides is 1. The van der Waals surface area contributed by atoms with Gasteiger partial charge in [-0.05, 0) is 44.4 Å². The van der Waals surface area contributed by atoms with Crippen molar-refractivity contribution in [3.05, 3.63) is 40.7 Å². The van der Waals surface area contributed by atoms with E-state index in [-0.39, 0.29) is 11.7 Å². The van der Waals surface area contributed by atoms with Gasteiger partial charge in [0.2, 0.25) is 11.0 Å². The van der Waals surface area contributed by atoms with Gasteiger partial charge in [0.05, 0.1) is 5.75 Å². The molecule has 0 bridgehead atoms. The Morgan fingerprint density at radius 1 is 1.22 bits per heavy atom. The number of hydrogen-bond donors (Lipinski definition) is 1. The molecule has 1 aliphatic rings. The molecule has 0 unspecified atom stereocenters. The summed E-state index contributed by atoms with van der Waals surface area (Å²) in [7, 11) is 0. The highest BCUT2D eigenvalue weighted by atomic mass is 32.2. The maximum Gasteiger partial charge on any atom is 0.236 e. The number of aromatic nitrogens is 5. The molecule has 8 nitrogen and oxygen atoms in total. The van der Waals surface area contributed by atoms with Gasteiger partial charge in [0.1, 0.15) is 17.4 Å². The Balaban J connectivity index is 1.29. The van der Waals surface area contributed by atoms with Crippen LogP contribution in [0.2, 0.25) is 0 Å². The lowest BCUT2D eigenvalue weighted by molar-refractivity contribution is -0.113. The highest BCUT2D eigenvalue weighted by Crippen LogP contribution is 2.35. The van der Waals surface area contributed by atoms with E-state index in [9.17, 15) is 4.79 Å². The number of carbonyl (C=O) groups is 1. The predicted octanol–water partition coefficient (Wildman–Crippen LogP) is 4.82. The largest absolute Gasteiger partial charge is 0.486 e. The smallest absolute Gasteiger partial charge is 0.236 e. The summed E-state index contributed by atoms with van der Waals surface area (Å²) in [6.45, 7) is 5.08. The summed E-state index contributed by atoms with van der Waals surface area (Å²) >= 11 is 2.85. The predicted molar refractivity (Wildman–Crippen MR) is 126 cm³/mol.